The number of hydrogen-bond acceptors (Lipinski definition) is 4. The predicted molar refractivity (Wildman–Crippen MR) is 78.4 cm³/mol. The highest BCUT2D eigenvalue weighted by atomic mass is 16.3. The van der Waals surface area contributed by atoms with E-state index in [1.54, 1.807) is 0 Å². The van der Waals surface area contributed by atoms with Crippen molar-refractivity contribution >= 4 is 11.0 Å². The van der Waals surface area contributed by atoms with E-state index in [4.69, 9.17) is 0 Å². The second kappa shape index (κ2) is 5.14. The van der Waals surface area contributed by atoms with Crippen LogP contribution in [0.5, 0.6) is 0 Å². The minimum absolute atomic E-state index is 0.153. The summed E-state index contributed by atoms with van der Waals surface area (Å²) >= 11 is 0. The number of pyridine rings is 1. The number of aromatic nitrogens is 3. The number of rotatable bonds is 6. The molecule has 5 nitrogen and oxygen atoms in total. The average molecular weight is 274 g/mol. The zero-order chi connectivity index (χ0) is 14.2. The average Bonchev–Trinajstić information content (AvgIpc) is 3.09. The fourth-order valence-corrected chi connectivity index (χ4v) is 2.50. The minimum atomic E-state index is 0.153. The molecule has 108 valence electrons. The summed E-state index contributed by atoms with van der Waals surface area (Å²) in [5.74, 6) is 0. The van der Waals surface area contributed by atoms with Gasteiger partial charge in [0.15, 0.2) is 5.65 Å². The van der Waals surface area contributed by atoms with E-state index in [1.165, 1.54) is 0 Å². The van der Waals surface area contributed by atoms with Crippen LogP contribution in [-0.2, 0) is 6.54 Å². The van der Waals surface area contributed by atoms with Crippen molar-refractivity contribution < 1.29 is 5.11 Å². The summed E-state index contributed by atoms with van der Waals surface area (Å²) in [6, 6.07) is 2.46. The van der Waals surface area contributed by atoms with Crippen molar-refractivity contribution in [1.82, 2.24) is 20.1 Å². The molecule has 0 amide bonds. The van der Waals surface area contributed by atoms with Crippen molar-refractivity contribution in [2.45, 2.75) is 39.3 Å². The summed E-state index contributed by atoms with van der Waals surface area (Å²) in [5, 5.41) is 18.2. The van der Waals surface area contributed by atoms with Crippen LogP contribution in [0.3, 0.4) is 0 Å². The largest absolute Gasteiger partial charge is 0.396 e. The Morgan fingerprint density at radius 1 is 1.40 bits per heavy atom. The zero-order valence-corrected chi connectivity index (χ0v) is 12.1. The molecule has 0 radical (unpaired) electrons. The Kier molecular flexibility index (Phi) is 3.48. The van der Waals surface area contributed by atoms with Gasteiger partial charge in [0.2, 0.25) is 0 Å². The van der Waals surface area contributed by atoms with E-state index in [1.807, 2.05) is 17.1 Å². The highest BCUT2D eigenvalue weighted by molar-refractivity contribution is 5.75. The van der Waals surface area contributed by atoms with E-state index in [0.717, 1.165) is 42.5 Å². The van der Waals surface area contributed by atoms with E-state index in [0.29, 0.717) is 12.6 Å². The van der Waals surface area contributed by atoms with Crippen LogP contribution in [0.2, 0.25) is 0 Å². The zero-order valence-electron chi connectivity index (χ0n) is 12.1. The van der Waals surface area contributed by atoms with Gasteiger partial charge in [-0.05, 0) is 38.3 Å². The van der Waals surface area contributed by atoms with Gasteiger partial charge in [0.05, 0.1) is 6.20 Å². The van der Waals surface area contributed by atoms with E-state index in [-0.39, 0.29) is 5.41 Å². The van der Waals surface area contributed by atoms with E-state index in [2.05, 4.69) is 35.3 Å². The summed E-state index contributed by atoms with van der Waals surface area (Å²) in [6.45, 7) is 6.17. The van der Waals surface area contributed by atoms with Crippen LogP contribution in [0.15, 0.2) is 18.5 Å². The third-order valence-corrected chi connectivity index (χ3v) is 4.10. The summed E-state index contributed by atoms with van der Waals surface area (Å²) in [7, 11) is 0. The Labute approximate surface area is 119 Å². The smallest absolute Gasteiger partial charge is 0.157 e. The van der Waals surface area contributed by atoms with Gasteiger partial charge >= 0.3 is 0 Å². The number of nitrogens with one attached hydrogen (secondary N) is 1. The summed E-state index contributed by atoms with van der Waals surface area (Å²) in [4.78, 5) is 4.52. The van der Waals surface area contributed by atoms with Gasteiger partial charge in [-0.3, -0.25) is 0 Å². The van der Waals surface area contributed by atoms with Crippen LogP contribution in [0.1, 0.15) is 38.3 Å². The molecule has 0 bridgehead atoms. The molecule has 0 unspecified atom stereocenters. The third-order valence-electron chi connectivity index (χ3n) is 4.10. The number of aliphatic hydroxyl groups is 1. The highest BCUT2D eigenvalue weighted by Crippen LogP contribution is 2.44. The van der Waals surface area contributed by atoms with Crippen LogP contribution in [0.4, 0.5) is 0 Å². The highest BCUT2D eigenvalue weighted by Gasteiger charge is 2.41. The second-order valence-electron chi connectivity index (χ2n) is 6.20. The van der Waals surface area contributed by atoms with Crippen molar-refractivity contribution in [3.05, 3.63) is 24.0 Å². The van der Waals surface area contributed by atoms with Crippen LogP contribution >= 0.6 is 0 Å². The lowest BCUT2D eigenvalue weighted by molar-refractivity contribution is 0.207. The Morgan fingerprint density at radius 3 is 2.85 bits per heavy atom. The van der Waals surface area contributed by atoms with Gasteiger partial charge in [-0.15, -0.1) is 0 Å². The summed E-state index contributed by atoms with van der Waals surface area (Å²) in [6.07, 6.45) is 6.06. The molecule has 1 fully saturated rings. The topological polar surface area (TPSA) is 63.0 Å². The molecule has 1 aliphatic carbocycles. The minimum Gasteiger partial charge on any atom is -0.396 e. The monoisotopic (exact) mass is 274 g/mol. The van der Waals surface area contributed by atoms with E-state index >= 15 is 0 Å². The quantitative estimate of drug-likeness (QED) is 0.844. The Morgan fingerprint density at radius 2 is 2.20 bits per heavy atom. The van der Waals surface area contributed by atoms with E-state index < -0.39 is 0 Å². The lowest BCUT2D eigenvalue weighted by atomic mass is 10.1. The molecule has 0 saturated heterocycles. The molecule has 1 aliphatic rings. The lowest BCUT2D eigenvalue weighted by Crippen LogP contribution is -2.26. The number of hydrogen-bond donors (Lipinski definition) is 2. The van der Waals surface area contributed by atoms with Crippen LogP contribution in [0.25, 0.3) is 11.0 Å². The van der Waals surface area contributed by atoms with Crippen molar-refractivity contribution in [3.63, 3.8) is 0 Å². The maximum atomic E-state index is 9.29. The van der Waals surface area contributed by atoms with E-state index in [9.17, 15) is 5.11 Å². The predicted octanol–water partition coefficient (Wildman–Crippen LogP) is 1.87. The van der Waals surface area contributed by atoms with Gasteiger partial charge in [0, 0.05) is 42.7 Å². The van der Waals surface area contributed by atoms with Gasteiger partial charge in [-0.2, -0.15) is 5.10 Å². The standard InChI is InChI=1S/C15H22N4O/c1-11(2)19-14-13(8-18-19)5-12(7-17-14)6-16-9-15(10-20)3-4-15/h5,7-8,11,16,20H,3-4,6,9-10H2,1-2H3. The van der Waals surface area contributed by atoms with Crippen LogP contribution in [-0.4, -0.2) is 33.0 Å². The lowest BCUT2D eigenvalue weighted by Gasteiger charge is -2.12. The molecular formula is C15H22N4O. The fourth-order valence-electron chi connectivity index (χ4n) is 2.50. The van der Waals surface area contributed by atoms with Gasteiger partial charge in [-0.1, -0.05) is 0 Å². The van der Waals surface area contributed by atoms with Crippen LogP contribution < -0.4 is 5.32 Å². The fraction of sp³-hybridized carbons (Fsp3) is 0.600. The van der Waals surface area contributed by atoms with Crippen molar-refractivity contribution in [3.8, 4) is 0 Å². The molecule has 1 saturated carbocycles. The maximum Gasteiger partial charge on any atom is 0.157 e. The van der Waals surface area contributed by atoms with Crippen molar-refractivity contribution in [2.75, 3.05) is 13.2 Å². The Bertz CT molecular complexity index is 601. The van der Waals surface area contributed by atoms with Gasteiger partial charge in [0.1, 0.15) is 0 Å². The van der Waals surface area contributed by atoms with Crippen molar-refractivity contribution in [2.24, 2.45) is 5.41 Å². The molecule has 0 spiro atoms. The molecule has 0 aliphatic heterocycles. The van der Waals surface area contributed by atoms with Crippen LogP contribution in [0, 0.1) is 5.41 Å². The van der Waals surface area contributed by atoms with Gasteiger partial charge in [-0.25, -0.2) is 9.67 Å². The maximum absolute atomic E-state index is 9.29. The number of nitrogens with zero attached hydrogens (tertiary/aromatic N) is 3. The second-order valence-corrected chi connectivity index (χ2v) is 6.20. The molecule has 2 aromatic rings. The molecule has 0 aromatic carbocycles. The first-order valence-corrected chi connectivity index (χ1v) is 7.27. The van der Waals surface area contributed by atoms with Crippen molar-refractivity contribution in [1.29, 1.82) is 0 Å². The van der Waals surface area contributed by atoms with Gasteiger partial charge in [0.25, 0.3) is 0 Å². The summed E-state index contributed by atoms with van der Waals surface area (Å²) in [5.41, 5.74) is 2.26. The number of aliphatic hydroxyl groups excluding tert-OH is 1. The molecule has 2 aromatic heterocycles. The van der Waals surface area contributed by atoms with Gasteiger partial charge < -0.3 is 10.4 Å². The SMILES string of the molecule is CC(C)n1ncc2cc(CNCC3(CO)CC3)cnc21. The molecule has 20 heavy (non-hydrogen) atoms. The normalized spacial score (nSPS) is 17.0. The molecular weight excluding hydrogens is 252 g/mol. The molecule has 0 atom stereocenters. The molecule has 2 N–H and O–H groups in total. The third kappa shape index (κ3) is 2.55. The first kappa shape index (κ1) is 13.5. The Hall–Kier alpha value is -1.46. The Balaban J connectivity index is 1.67. The molecule has 5 heteroatoms. The molecule has 2 heterocycles. The first-order valence-electron chi connectivity index (χ1n) is 7.27. The summed E-state index contributed by atoms with van der Waals surface area (Å²) < 4.78 is 1.94. The molecule has 3 rings (SSSR count). The number of fused-ring (bicyclic) bond motifs is 1. The first-order chi connectivity index (χ1) is 9.63.